The van der Waals surface area contributed by atoms with Crippen LogP contribution in [0.2, 0.25) is 0 Å². The first-order valence-corrected chi connectivity index (χ1v) is 9.31. The van der Waals surface area contributed by atoms with Gasteiger partial charge in [0.2, 0.25) is 0 Å². The first-order valence-electron chi connectivity index (χ1n) is 9.31. The van der Waals surface area contributed by atoms with Crippen LogP contribution in [-0.2, 0) is 6.54 Å². The van der Waals surface area contributed by atoms with Crippen molar-refractivity contribution in [3.63, 3.8) is 0 Å². The van der Waals surface area contributed by atoms with E-state index in [1.165, 1.54) is 17.5 Å². The highest BCUT2D eigenvalue weighted by Crippen LogP contribution is 2.34. The molecule has 1 saturated heterocycles. The molecular weight excluding hydrogens is 326 g/mol. The van der Waals surface area contributed by atoms with E-state index in [1.54, 1.807) is 6.07 Å². The molecule has 26 heavy (non-hydrogen) atoms. The molecule has 138 valence electrons. The summed E-state index contributed by atoms with van der Waals surface area (Å²) in [7, 11) is 0. The van der Waals surface area contributed by atoms with Gasteiger partial charge in [0.05, 0.1) is 4.92 Å². The summed E-state index contributed by atoms with van der Waals surface area (Å²) in [6.45, 7) is 7.78. The Morgan fingerprint density at radius 1 is 1.23 bits per heavy atom. The summed E-state index contributed by atoms with van der Waals surface area (Å²) in [5, 5.41) is 15.1. The zero-order valence-corrected chi connectivity index (χ0v) is 15.8. The molecular formula is C21H27N3O2. The molecule has 1 heterocycles. The zero-order valence-electron chi connectivity index (χ0n) is 15.8. The monoisotopic (exact) mass is 353 g/mol. The minimum absolute atomic E-state index is 0.207. The van der Waals surface area contributed by atoms with Crippen LogP contribution in [0.15, 0.2) is 36.4 Å². The number of nitro benzene ring substituents is 1. The van der Waals surface area contributed by atoms with E-state index in [0.29, 0.717) is 12.6 Å². The molecule has 2 aromatic carbocycles. The highest BCUT2D eigenvalue weighted by Gasteiger charge is 2.25. The molecule has 1 atom stereocenters. The Balaban J connectivity index is 1.82. The van der Waals surface area contributed by atoms with Gasteiger partial charge in [-0.3, -0.25) is 10.1 Å². The first kappa shape index (κ1) is 18.2. The number of hydrogen-bond donors (Lipinski definition) is 1. The Kier molecular flexibility index (Phi) is 5.45. The summed E-state index contributed by atoms with van der Waals surface area (Å²) in [6.07, 6.45) is 3.38. The van der Waals surface area contributed by atoms with Gasteiger partial charge < -0.3 is 10.2 Å². The third-order valence-electron chi connectivity index (χ3n) is 5.44. The van der Waals surface area contributed by atoms with Crippen molar-refractivity contribution in [2.24, 2.45) is 0 Å². The molecule has 0 aromatic heterocycles. The highest BCUT2D eigenvalue weighted by atomic mass is 16.6. The average Bonchev–Trinajstić information content (AvgIpc) is 2.63. The van der Waals surface area contributed by atoms with Crippen LogP contribution in [-0.4, -0.2) is 17.5 Å². The molecule has 0 amide bonds. The molecule has 3 rings (SSSR count). The van der Waals surface area contributed by atoms with Gasteiger partial charge in [0.15, 0.2) is 0 Å². The number of benzene rings is 2. The van der Waals surface area contributed by atoms with Gasteiger partial charge in [-0.05, 0) is 68.9 Å². The number of rotatable bonds is 5. The lowest BCUT2D eigenvalue weighted by Gasteiger charge is -2.35. The predicted octanol–water partition coefficient (Wildman–Crippen LogP) is 5.20. The fraction of sp³-hybridized carbons (Fsp3) is 0.429. The number of nitro groups is 1. The number of piperidine rings is 1. The third-order valence-corrected chi connectivity index (χ3v) is 5.44. The molecule has 1 N–H and O–H groups in total. The minimum atomic E-state index is -0.252. The number of anilines is 2. The standard InChI is InChI=1S/C21H27N3O2/c1-15-7-6-9-19(17(15)3)22-14-18-10-11-20(21(13-18)24(25)26)23-12-5-4-8-16(23)2/h6-7,9-11,13,16,22H,4-5,8,12,14H2,1-3H3. The fourth-order valence-electron chi connectivity index (χ4n) is 3.66. The molecule has 0 aliphatic carbocycles. The molecule has 0 saturated carbocycles. The summed E-state index contributed by atoms with van der Waals surface area (Å²) in [5.41, 5.74) is 5.39. The Morgan fingerprint density at radius 3 is 2.77 bits per heavy atom. The lowest BCUT2D eigenvalue weighted by Crippen LogP contribution is -2.37. The third kappa shape index (κ3) is 3.82. The van der Waals surface area contributed by atoms with Gasteiger partial charge in [-0.2, -0.15) is 0 Å². The smallest absolute Gasteiger partial charge is 0.292 e. The number of nitrogens with zero attached hydrogens (tertiary/aromatic N) is 2. The average molecular weight is 353 g/mol. The van der Waals surface area contributed by atoms with Crippen molar-refractivity contribution in [2.75, 3.05) is 16.8 Å². The second kappa shape index (κ2) is 7.77. The van der Waals surface area contributed by atoms with Crippen LogP contribution in [0.3, 0.4) is 0 Å². The van der Waals surface area contributed by atoms with Crippen LogP contribution < -0.4 is 10.2 Å². The van der Waals surface area contributed by atoms with E-state index in [0.717, 1.165) is 36.3 Å². The lowest BCUT2D eigenvalue weighted by atomic mass is 10.0. The second-order valence-corrected chi connectivity index (χ2v) is 7.22. The Labute approximate surface area is 155 Å². The van der Waals surface area contributed by atoms with Crippen molar-refractivity contribution in [1.82, 2.24) is 0 Å². The largest absolute Gasteiger partial charge is 0.381 e. The van der Waals surface area contributed by atoms with E-state index in [-0.39, 0.29) is 10.6 Å². The zero-order chi connectivity index (χ0) is 18.7. The van der Waals surface area contributed by atoms with E-state index in [1.807, 2.05) is 24.3 Å². The summed E-state index contributed by atoms with van der Waals surface area (Å²) in [6, 6.07) is 12.1. The molecule has 1 aliphatic heterocycles. The maximum absolute atomic E-state index is 11.7. The minimum Gasteiger partial charge on any atom is -0.381 e. The van der Waals surface area contributed by atoms with E-state index < -0.39 is 0 Å². The summed E-state index contributed by atoms with van der Waals surface area (Å²) in [4.78, 5) is 13.6. The normalized spacial score (nSPS) is 17.2. The van der Waals surface area contributed by atoms with Crippen molar-refractivity contribution in [2.45, 2.75) is 52.6 Å². The quantitative estimate of drug-likeness (QED) is 0.593. The van der Waals surface area contributed by atoms with Crippen LogP contribution in [0.5, 0.6) is 0 Å². The molecule has 5 heteroatoms. The van der Waals surface area contributed by atoms with Gasteiger partial charge in [-0.1, -0.05) is 18.2 Å². The number of nitrogens with one attached hydrogen (secondary N) is 1. The van der Waals surface area contributed by atoms with Gasteiger partial charge in [0, 0.05) is 30.9 Å². The molecule has 1 fully saturated rings. The lowest BCUT2D eigenvalue weighted by molar-refractivity contribution is -0.384. The molecule has 0 radical (unpaired) electrons. The van der Waals surface area contributed by atoms with Crippen molar-refractivity contribution >= 4 is 17.1 Å². The van der Waals surface area contributed by atoms with E-state index in [4.69, 9.17) is 0 Å². The molecule has 1 aliphatic rings. The summed E-state index contributed by atoms with van der Waals surface area (Å²) < 4.78 is 0. The molecule has 0 spiro atoms. The van der Waals surface area contributed by atoms with Crippen LogP contribution in [0.4, 0.5) is 17.1 Å². The highest BCUT2D eigenvalue weighted by molar-refractivity contribution is 5.65. The van der Waals surface area contributed by atoms with Crippen molar-refractivity contribution < 1.29 is 4.92 Å². The maximum atomic E-state index is 11.7. The molecule has 0 bridgehead atoms. The topological polar surface area (TPSA) is 58.4 Å². The van der Waals surface area contributed by atoms with E-state index >= 15 is 0 Å². The van der Waals surface area contributed by atoms with Gasteiger partial charge in [0.25, 0.3) is 5.69 Å². The fourth-order valence-corrected chi connectivity index (χ4v) is 3.66. The van der Waals surface area contributed by atoms with Crippen molar-refractivity contribution in [3.8, 4) is 0 Å². The van der Waals surface area contributed by atoms with Crippen LogP contribution in [0.25, 0.3) is 0 Å². The van der Waals surface area contributed by atoms with Crippen molar-refractivity contribution in [3.05, 3.63) is 63.2 Å². The van der Waals surface area contributed by atoms with Crippen LogP contribution >= 0.6 is 0 Å². The van der Waals surface area contributed by atoms with Gasteiger partial charge >= 0.3 is 0 Å². The molecule has 2 aromatic rings. The van der Waals surface area contributed by atoms with E-state index in [2.05, 4.69) is 37.1 Å². The van der Waals surface area contributed by atoms with Crippen LogP contribution in [0, 0.1) is 24.0 Å². The summed E-state index contributed by atoms with van der Waals surface area (Å²) in [5.74, 6) is 0. The van der Waals surface area contributed by atoms with Gasteiger partial charge in [0.1, 0.15) is 5.69 Å². The number of aryl methyl sites for hydroxylation is 1. The van der Waals surface area contributed by atoms with Crippen molar-refractivity contribution in [1.29, 1.82) is 0 Å². The van der Waals surface area contributed by atoms with Gasteiger partial charge in [-0.25, -0.2) is 0 Å². The second-order valence-electron chi connectivity index (χ2n) is 7.22. The summed E-state index contributed by atoms with van der Waals surface area (Å²) >= 11 is 0. The predicted molar refractivity (Wildman–Crippen MR) is 107 cm³/mol. The molecule has 1 unspecified atom stereocenters. The maximum Gasteiger partial charge on any atom is 0.292 e. The first-order chi connectivity index (χ1) is 12.5. The van der Waals surface area contributed by atoms with Gasteiger partial charge in [-0.15, -0.1) is 0 Å². The Hall–Kier alpha value is -2.56. The SMILES string of the molecule is Cc1cccc(NCc2ccc(N3CCCCC3C)c([N+](=O)[O-])c2)c1C. The Morgan fingerprint density at radius 2 is 2.04 bits per heavy atom. The molecule has 5 nitrogen and oxygen atoms in total. The Bertz CT molecular complexity index is 804. The number of hydrogen-bond acceptors (Lipinski definition) is 4. The van der Waals surface area contributed by atoms with Crippen LogP contribution in [0.1, 0.15) is 42.9 Å². The van der Waals surface area contributed by atoms with E-state index in [9.17, 15) is 10.1 Å².